The molecule has 6 aliphatic rings. The number of hydrogen-bond acceptors (Lipinski definition) is 9. The monoisotopic (exact) mass is 396 g/mol. The van der Waals surface area contributed by atoms with Crippen LogP contribution in [0.2, 0.25) is 0 Å². The summed E-state index contributed by atoms with van der Waals surface area (Å²) in [5.74, 6) is -1.77. The fourth-order valence-electron chi connectivity index (χ4n) is 7.90. The fourth-order valence-corrected chi connectivity index (χ4v) is 7.90. The third-order valence-electron chi connectivity index (χ3n) is 8.69. The smallest absolute Gasteiger partial charge is 0.342 e. The van der Waals surface area contributed by atoms with Gasteiger partial charge in [0.25, 0.3) is 0 Å². The predicted molar refractivity (Wildman–Crippen MR) is 88.2 cm³/mol. The van der Waals surface area contributed by atoms with E-state index in [1.807, 2.05) is 0 Å². The Hall–Kier alpha value is -1.07. The van der Waals surface area contributed by atoms with Gasteiger partial charge in [0.2, 0.25) is 5.60 Å². The van der Waals surface area contributed by atoms with E-state index in [0.717, 1.165) is 0 Å². The summed E-state index contributed by atoms with van der Waals surface area (Å²) in [6.45, 7) is 7.68. The lowest BCUT2D eigenvalue weighted by Gasteiger charge is -2.46. The van der Waals surface area contributed by atoms with E-state index < -0.39 is 76.8 Å². The summed E-state index contributed by atoms with van der Waals surface area (Å²) in [6.07, 6.45) is -7.23. The van der Waals surface area contributed by atoms with Crippen molar-refractivity contribution in [3.63, 3.8) is 0 Å². The zero-order valence-electron chi connectivity index (χ0n) is 15.6. The van der Waals surface area contributed by atoms with Crippen LogP contribution in [0.15, 0.2) is 12.2 Å². The summed E-state index contributed by atoms with van der Waals surface area (Å²) >= 11 is 0. The molecule has 0 bridgehead atoms. The van der Waals surface area contributed by atoms with Crippen molar-refractivity contribution in [1.82, 2.24) is 0 Å². The SMILES string of the molecule is C=C(C)[C@@H]1CC2OC(=O)C34OC5O[C@H](O)[C@H](O)C51C23[C@@H](O)C1OC[C@@H](C)[C@@]14O. The van der Waals surface area contributed by atoms with Crippen molar-refractivity contribution >= 4 is 5.97 Å². The molecule has 4 saturated heterocycles. The molecule has 0 amide bonds. The van der Waals surface area contributed by atoms with Gasteiger partial charge in [-0.1, -0.05) is 19.1 Å². The Morgan fingerprint density at radius 2 is 1.96 bits per heavy atom. The lowest BCUT2D eigenvalue weighted by molar-refractivity contribution is -0.262. The molecule has 28 heavy (non-hydrogen) atoms. The van der Waals surface area contributed by atoms with Gasteiger partial charge in [-0.15, -0.1) is 0 Å². The van der Waals surface area contributed by atoms with Gasteiger partial charge in [-0.25, -0.2) is 4.79 Å². The molecule has 0 aromatic carbocycles. The van der Waals surface area contributed by atoms with Crippen LogP contribution in [0.4, 0.5) is 0 Å². The Morgan fingerprint density at radius 3 is 2.64 bits per heavy atom. The molecule has 9 heteroatoms. The van der Waals surface area contributed by atoms with Crippen molar-refractivity contribution in [1.29, 1.82) is 0 Å². The Balaban J connectivity index is 1.72. The highest BCUT2D eigenvalue weighted by atomic mass is 16.8. The zero-order valence-corrected chi connectivity index (χ0v) is 15.6. The second-order valence-corrected chi connectivity index (χ2v) is 9.36. The number of hydrogen-bond donors (Lipinski definition) is 4. The average molecular weight is 396 g/mol. The molecule has 0 aromatic rings. The molecule has 6 rings (SSSR count). The molecule has 9 nitrogen and oxygen atoms in total. The summed E-state index contributed by atoms with van der Waals surface area (Å²) < 4.78 is 23.2. The maximum absolute atomic E-state index is 13.3. The number of ether oxygens (including phenoxy) is 4. The van der Waals surface area contributed by atoms with Crippen molar-refractivity contribution < 1.29 is 44.2 Å². The molecule has 2 saturated carbocycles. The van der Waals surface area contributed by atoms with E-state index >= 15 is 0 Å². The molecule has 0 aromatic heterocycles. The van der Waals surface area contributed by atoms with Crippen molar-refractivity contribution in [2.24, 2.45) is 22.7 Å². The number of fused-ring (bicyclic) bond motifs is 1. The van der Waals surface area contributed by atoms with Gasteiger partial charge < -0.3 is 39.4 Å². The van der Waals surface area contributed by atoms with E-state index in [2.05, 4.69) is 6.58 Å². The van der Waals surface area contributed by atoms with Gasteiger partial charge in [-0.3, -0.25) is 0 Å². The zero-order chi connectivity index (χ0) is 20.0. The Labute approximate surface area is 160 Å². The fraction of sp³-hybridized carbons (Fsp3) is 0.842. The van der Waals surface area contributed by atoms with Crippen LogP contribution in [-0.2, 0) is 23.7 Å². The van der Waals surface area contributed by atoms with Gasteiger partial charge in [-0.05, 0) is 19.3 Å². The van der Waals surface area contributed by atoms with Crippen LogP contribution in [0.5, 0.6) is 0 Å². The van der Waals surface area contributed by atoms with Crippen LogP contribution >= 0.6 is 0 Å². The van der Waals surface area contributed by atoms with Crippen LogP contribution in [0.1, 0.15) is 20.3 Å². The van der Waals surface area contributed by atoms with Crippen molar-refractivity contribution in [3.05, 3.63) is 12.2 Å². The summed E-state index contributed by atoms with van der Waals surface area (Å²) in [6, 6.07) is 0. The van der Waals surface area contributed by atoms with Crippen LogP contribution in [-0.4, -0.2) is 81.2 Å². The highest BCUT2D eigenvalue weighted by Gasteiger charge is 3.02. The number of aliphatic hydroxyl groups excluding tert-OH is 3. The molecule has 4 aliphatic heterocycles. The van der Waals surface area contributed by atoms with Crippen LogP contribution < -0.4 is 0 Å². The van der Waals surface area contributed by atoms with Gasteiger partial charge in [0.05, 0.1) is 23.5 Å². The van der Waals surface area contributed by atoms with E-state index in [-0.39, 0.29) is 13.0 Å². The first-order valence-corrected chi connectivity index (χ1v) is 9.71. The summed E-state index contributed by atoms with van der Waals surface area (Å²) in [4.78, 5) is 13.3. The minimum absolute atomic E-state index is 0.144. The molecular weight excluding hydrogens is 372 g/mol. The average Bonchev–Trinajstić information content (AvgIpc) is 3.34. The van der Waals surface area contributed by atoms with Gasteiger partial charge in [0.15, 0.2) is 12.6 Å². The molecule has 2 spiro atoms. The van der Waals surface area contributed by atoms with Crippen molar-refractivity contribution in [3.8, 4) is 0 Å². The number of aliphatic hydroxyl groups is 4. The lowest BCUT2D eigenvalue weighted by Crippen LogP contribution is -2.66. The van der Waals surface area contributed by atoms with Crippen molar-refractivity contribution in [2.75, 3.05) is 6.61 Å². The summed E-state index contributed by atoms with van der Waals surface area (Å²) in [5, 5.41) is 44.9. The van der Waals surface area contributed by atoms with E-state index in [9.17, 15) is 25.2 Å². The van der Waals surface area contributed by atoms with Gasteiger partial charge in [0.1, 0.15) is 23.9 Å². The Morgan fingerprint density at radius 1 is 1.25 bits per heavy atom. The third-order valence-corrected chi connectivity index (χ3v) is 8.69. The molecule has 154 valence electrons. The van der Waals surface area contributed by atoms with Crippen LogP contribution in [0.25, 0.3) is 0 Å². The van der Waals surface area contributed by atoms with E-state index in [1.54, 1.807) is 13.8 Å². The van der Waals surface area contributed by atoms with E-state index in [0.29, 0.717) is 5.57 Å². The lowest BCUT2D eigenvalue weighted by atomic mass is 9.53. The largest absolute Gasteiger partial charge is 0.459 e. The minimum atomic E-state index is -1.96. The van der Waals surface area contributed by atoms with Gasteiger partial charge >= 0.3 is 5.97 Å². The molecule has 0 radical (unpaired) electrons. The number of rotatable bonds is 1. The second kappa shape index (κ2) is 4.64. The quantitative estimate of drug-likeness (QED) is 0.306. The second-order valence-electron chi connectivity index (χ2n) is 9.36. The van der Waals surface area contributed by atoms with Gasteiger partial charge in [-0.2, -0.15) is 0 Å². The minimum Gasteiger partial charge on any atom is -0.459 e. The molecule has 2 aliphatic carbocycles. The van der Waals surface area contributed by atoms with Gasteiger partial charge in [0, 0.05) is 5.92 Å². The van der Waals surface area contributed by atoms with Crippen LogP contribution in [0.3, 0.4) is 0 Å². The highest BCUT2D eigenvalue weighted by Crippen LogP contribution is 2.83. The highest BCUT2D eigenvalue weighted by molar-refractivity contribution is 5.89. The standard InChI is InChI=1S/C19H24O9/c1-6(2)8-4-9-17-10(20)12-18(24,7(3)5-25-12)19(17,14(23)26-9)28-15-16(8,17)11(21)13(22)27-15/h7-13,15,20-22,24H,1,4-5H2,2-3H3/t7-,8+,9?,10+,11+,12?,13+,15?,16?,17?,18-,19?/m1/s1. The molecule has 4 N–H and O–H groups in total. The maximum Gasteiger partial charge on any atom is 0.342 e. The van der Waals surface area contributed by atoms with E-state index in [1.165, 1.54) is 0 Å². The first kappa shape index (κ1) is 17.8. The summed E-state index contributed by atoms with van der Waals surface area (Å²) in [5.41, 5.74) is -6.06. The third kappa shape index (κ3) is 1.23. The number of allylic oxidation sites excluding steroid dienone is 1. The molecule has 12 atom stereocenters. The normalized spacial score (nSPS) is 65.9. The summed E-state index contributed by atoms with van der Waals surface area (Å²) in [7, 11) is 0. The Kier molecular flexibility index (Phi) is 2.94. The maximum atomic E-state index is 13.3. The molecule has 6 unspecified atom stereocenters. The predicted octanol–water partition coefficient (Wildman–Crippen LogP) is -1.57. The molecular formula is C19H24O9. The Bertz CT molecular complexity index is 815. The van der Waals surface area contributed by atoms with Crippen molar-refractivity contribution in [2.45, 2.75) is 68.5 Å². The number of carbonyl (C=O) groups is 1. The van der Waals surface area contributed by atoms with E-state index in [4.69, 9.17) is 18.9 Å². The number of esters is 1. The molecule has 4 heterocycles. The number of carbonyl (C=O) groups excluding carboxylic acids is 1. The molecule has 6 fully saturated rings. The first-order chi connectivity index (χ1) is 13.1. The first-order valence-electron chi connectivity index (χ1n) is 9.71. The topological polar surface area (TPSA) is 135 Å². The van der Waals surface area contributed by atoms with Crippen LogP contribution in [0, 0.1) is 22.7 Å².